The minimum absolute atomic E-state index is 0.0117. The topological polar surface area (TPSA) is 92.1 Å². The first-order valence-corrected chi connectivity index (χ1v) is 6.15. The maximum Gasteiger partial charge on any atom is 0.350 e. The van der Waals surface area contributed by atoms with Crippen molar-refractivity contribution in [2.45, 2.75) is 13.5 Å². The van der Waals surface area contributed by atoms with Crippen LogP contribution in [0.25, 0.3) is 16.0 Å². The molecule has 1 rings (SSSR count). The second-order valence-electron chi connectivity index (χ2n) is 3.35. The number of esters is 1. The number of halogens is 1. The van der Waals surface area contributed by atoms with E-state index in [-0.39, 0.29) is 18.7 Å². The Morgan fingerprint density at radius 3 is 2.89 bits per heavy atom. The van der Waals surface area contributed by atoms with Gasteiger partial charge in [-0.25, -0.2) is 9.59 Å². The molecule has 0 bridgehead atoms. The van der Waals surface area contributed by atoms with Crippen molar-refractivity contribution in [2.24, 2.45) is 5.11 Å². The van der Waals surface area contributed by atoms with Gasteiger partial charge in [0.25, 0.3) is 0 Å². The van der Waals surface area contributed by atoms with E-state index < -0.39 is 5.97 Å². The van der Waals surface area contributed by atoms with Gasteiger partial charge < -0.3 is 4.74 Å². The Bertz CT molecular complexity index is 588. The first kappa shape index (κ1) is 15.0. The molecule has 0 spiro atoms. The maximum atomic E-state index is 11.7. The van der Waals surface area contributed by atoms with Gasteiger partial charge in [0.05, 0.1) is 13.2 Å². The van der Waals surface area contributed by atoms with E-state index in [1.54, 1.807) is 31.1 Å². The predicted molar refractivity (Wildman–Crippen MR) is 72.7 cm³/mol. The molecule has 0 radical (unpaired) electrons. The Kier molecular flexibility index (Phi) is 5.82. The molecular weight excluding hydrogens is 314 g/mol. The van der Waals surface area contributed by atoms with Gasteiger partial charge in [0, 0.05) is 14.9 Å². The van der Waals surface area contributed by atoms with Gasteiger partial charge in [0.1, 0.15) is 5.94 Å². The fourth-order valence-corrected chi connectivity index (χ4v) is 1.96. The van der Waals surface area contributed by atoms with Crippen molar-refractivity contribution in [2.75, 3.05) is 6.61 Å². The third-order valence-electron chi connectivity index (χ3n) is 2.26. The molecule has 0 saturated carbocycles. The Morgan fingerprint density at radius 1 is 1.58 bits per heavy atom. The van der Waals surface area contributed by atoms with Gasteiger partial charge in [-0.1, -0.05) is 33.2 Å². The van der Waals surface area contributed by atoms with Crippen LogP contribution in [0.4, 0.5) is 0 Å². The molecule has 98 valence electrons. The third kappa shape index (κ3) is 3.69. The molecule has 1 aromatic rings. The van der Waals surface area contributed by atoms with E-state index >= 15 is 0 Å². The highest BCUT2D eigenvalue weighted by atomic mass is 79.9. The van der Waals surface area contributed by atoms with E-state index in [0.29, 0.717) is 15.6 Å². The second kappa shape index (κ2) is 7.38. The number of nitrogens with zero attached hydrogens (tertiary/aromatic N) is 3. The molecule has 0 aromatic heterocycles. The summed E-state index contributed by atoms with van der Waals surface area (Å²) in [5.74, 6) is 0.831. The minimum atomic E-state index is -0.752. The molecule has 0 aliphatic rings. The quantitative estimate of drug-likeness (QED) is 0.208. The SMILES string of the molecule is CCOC(=O)C(=C=O)c1cccc(Br)c1CN=[N+]=[N-]. The summed E-state index contributed by atoms with van der Waals surface area (Å²) in [6.45, 7) is 1.81. The van der Waals surface area contributed by atoms with Gasteiger partial charge in [-0.15, -0.1) is 0 Å². The van der Waals surface area contributed by atoms with Crippen LogP contribution >= 0.6 is 15.9 Å². The summed E-state index contributed by atoms with van der Waals surface area (Å²) in [7, 11) is 0. The zero-order chi connectivity index (χ0) is 14.3. The van der Waals surface area contributed by atoms with E-state index in [2.05, 4.69) is 26.0 Å². The smallest absolute Gasteiger partial charge is 0.350 e. The number of rotatable bonds is 5. The van der Waals surface area contributed by atoms with Gasteiger partial charge in [-0.3, -0.25) is 0 Å². The third-order valence-corrected chi connectivity index (χ3v) is 3.00. The van der Waals surface area contributed by atoms with E-state index in [1.165, 1.54) is 0 Å². The molecule has 0 saturated heterocycles. The van der Waals surface area contributed by atoms with Crippen LogP contribution in [0.2, 0.25) is 0 Å². The summed E-state index contributed by atoms with van der Waals surface area (Å²) in [5, 5.41) is 3.44. The minimum Gasteiger partial charge on any atom is -0.462 e. The van der Waals surface area contributed by atoms with Crippen LogP contribution in [0.15, 0.2) is 27.8 Å². The molecule has 0 amide bonds. The van der Waals surface area contributed by atoms with Crippen molar-refractivity contribution in [3.63, 3.8) is 0 Å². The molecule has 0 N–H and O–H groups in total. The highest BCUT2D eigenvalue weighted by molar-refractivity contribution is 9.10. The molecule has 0 heterocycles. The molecule has 0 aliphatic heterocycles. The monoisotopic (exact) mass is 323 g/mol. The van der Waals surface area contributed by atoms with E-state index in [1.807, 2.05) is 0 Å². The van der Waals surface area contributed by atoms with Crippen molar-refractivity contribution in [1.29, 1.82) is 0 Å². The van der Waals surface area contributed by atoms with Crippen LogP contribution in [0.3, 0.4) is 0 Å². The molecule has 0 fully saturated rings. The highest BCUT2D eigenvalue weighted by Gasteiger charge is 2.19. The highest BCUT2D eigenvalue weighted by Crippen LogP contribution is 2.26. The lowest BCUT2D eigenvalue weighted by atomic mass is 10.0. The van der Waals surface area contributed by atoms with Crippen molar-refractivity contribution < 1.29 is 14.3 Å². The predicted octanol–water partition coefficient (Wildman–Crippen LogP) is 3.04. The van der Waals surface area contributed by atoms with Crippen LogP contribution in [-0.4, -0.2) is 18.5 Å². The lowest BCUT2D eigenvalue weighted by Crippen LogP contribution is -2.09. The fraction of sp³-hybridized carbons (Fsp3) is 0.250. The summed E-state index contributed by atoms with van der Waals surface area (Å²) in [4.78, 5) is 25.3. The van der Waals surface area contributed by atoms with Gasteiger partial charge >= 0.3 is 5.97 Å². The van der Waals surface area contributed by atoms with Crippen LogP contribution in [0.1, 0.15) is 18.1 Å². The number of azide groups is 1. The molecule has 0 atom stereocenters. The van der Waals surface area contributed by atoms with Crippen LogP contribution < -0.4 is 0 Å². The number of carbonyl (C=O) groups excluding carboxylic acids is 2. The summed E-state index contributed by atoms with van der Waals surface area (Å²) in [5.41, 5.74) is 9.03. The number of carbonyl (C=O) groups is 1. The van der Waals surface area contributed by atoms with E-state index in [4.69, 9.17) is 10.3 Å². The number of hydrogen-bond donors (Lipinski definition) is 0. The van der Waals surface area contributed by atoms with E-state index in [9.17, 15) is 9.59 Å². The Labute approximate surface area is 117 Å². The molecular formula is C12H10BrN3O3. The van der Waals surface area contributed by atoms with Gasteiger partial charge in [-0.05, 0) is 24.1 Å². The first-order valence-electron chi connectivity index (χ1n) is 5.36. The van der Waals surface area contributed by atoms with Gasteiger partial charge in [0.15, 0.2) is 5.57 Å². The van der Waals surface area contributed by atoms with Crippen molar-refractivity contribution in [3.8, 4) is 0 Å². The van der Waals surface area contributed by atoms with Crippen LogP contribution in [-0.2, 0) is 20.9 Å². The van der Waals surface area contributed by atoms with Gasteiger partial charge in [0.2, 0.25) is 0 Å². The molecule has 0 aliphatic carbocycles. The summed E-state index contributed by atoms with van der Waals surface area (Å²) < 4.78 is 5.43. The standard InChI is InChI=1S/C12H10BrN3O3/c1-2-19-12(18)10(7-17)8-4-3-5-11(13)9(8)6-15-16-14/h3-5H,2,6H2,1H3. The average molecular weight is 324 g/mol. The zero-order valence-electron chi connectivity index (χ0n) is 10.1. The van der Waals surface area contributed by atoms with Crippen molar-refractivity contribution in [1.82, 2.24) is 0 Å². The van der Waals surface area contributed by atoms with Crippen LogP contribution in [0, 0.1) is 0 Å². The molecule has 1 aromatic carbocycles. The number of hydrogen-bond acceptors (Lipinski definition) is 4. The lowest BCUT2D eigenvalue weighted by molar-refractivity contribution is -0.135. The number of benzene rings is 1. The second-order valence-corrected chi connectivity index (χ2v) is 4.21. The normalized spacial score (nSPS) is 9.16. The first-order chi connectivity index (χ1) is 9.15. The zero-order valence-corrected chi connectivity index (χ0v) is 11.7. The fourth-order valence-electron chi connectivity index (χ4n) is 1.47. The largest absolute Gasteiger partial charge is 0.462 e. The summed E-state index contributed by atoms with van der Waals surface area (Å²) >= 11 is 3.28. The average Bonchev–Trinajstić information content (AvgIpc) is 2.39. The maximum absolute atomic E-state index is 11.7. The molecule has 0 unspecified atom stereocenters. The van der Waals surface area contributed by atoms with Crippen LogP contribution in [0.5, 0.6) is 0 Å². The lowest BCUT2D eigenvalue weighted by Gasteiger charge is -2.09. The molecule has 7 heteroatoms. The Balaban J connectivity index is 3.32. The summed E-state index contributed by atoms with van der Waals surface area (Å²) in [6.07, 6.45) is 0. The Morgan fingerprint density at radius 2 is 2.32 bits per heavy atom. The summed E-state index contributed by atoms with van der Waals surface area (Å²) in [6, 6.07) is 4.96. The molecule has 19 heavy (non-hydrogen) atoms. The molecule has 6 nitrogen and oxygen atoms in total. The van der Waals surface area contributed by atoms with Gasteiger partial charge in [-0.2, -0.15) is 0 Å². The van der Waals surface area contributed by atoms with Crippen molar-refractivity contribution in [3.05, 3.63) is 44.2 Å². The number of ether oxygens (including phenoxy) is 1. The van der Waals surface area contributed by atoms with Crippen molar-refractivity contribution >= 4 is 33.4 Å². The Hall–Kier alpha value is -2.07. The van der Waals surface area contributed by atoms with E-state index in [0.717, 1.165) is 0 Å².